The summed E-state index contributed by atoms with van der Waals surface area (Å²) in [4.78, 5) is 62.9. The van der Waals surface area contributed by atoms with Crippen LogP contribution in [0.5, 0.6) is 0 Å². The van der Waals surface area contributed by atoms with Gasteiger partial charge >= 0.3 is 18.0 Å². The Hall–Kier alpha value is -4.57. The molecule has 1 amide bonds. The Kier molecular flexibility index (Phi) is 25.4. The molecule has 6 N–H and O–H groups in total. The van der Waals surface area contributed by atoms with Crippen LogP contribution in [0.2, 0.25) is 0 Å². The van der Waals surface area contributed by atoms with E-state index in [1.165, 1.54) is 20.2 Å². The van der Waals surface area contributed by atoms with E-state index in [1.807, 2.05) is 57.8 Å². The van der Waals surface area contributed by atoms with Crippen molar-refractivity contribution in [3.8, 4) is 0 Å². The van der Waals surface area contributed by atoms with Crippen LogP contribution in [0.15, 0.2) is 34.3 Å². The van der Waals surface area contributed by atoms with Crippen LogP contribution in [0.3, 0.4) is 0 Å². The summed E-state index contributed by atoms with van der Waals surface area (Å²) in [5.74, 6) is -5.64. The van der Waals surface area contributed by atoms with Crippen molar-refractivity contribution in [1.82, 2.24) is 19.8 Å². The summed E-state index contributed by atoms with van der Waals surface area (Å²) in [5.41, 5.74) is -4.17. The van der Waals surface area contributed by atoms with Crippen molar-refractivity contribution in [3.63, 3.8) is 0 Å². The van der Waals surface area contributed by atoms with E-state index in [0.717, 1.165) is 12.1 Å². The molecule has 1 aromatic heterocycles. The van der Waals surface area contributed by atoms with Crippen LogP contribution in [-0.4, -0.2) is 230 Å². The fourth-order valence-electron chi connectivity index (χ4n) is 12.1. The smallest absolute Gasteiger partial charge is 0.407 e. The molecular formula is C60H100N6O18. The van der Waals surface area contributed by atoms with Crippen molar-refractivity contribution in [2.75, 3.05) is 86.8 Å². The normalized spacial score (nSPS) is 35.2. The van der Waals surface area contributed by atoms with Gasteiger partial charge in [0.2, 0.25) is 5.43 Å². The minimum absolute atomic E-state index is 0.0146. The van der Waals surface area contributed by atoms with Crippen molar-refractivity contribution in [2.24, 2.45) is 28.8 Å². The second kappa shape index (κ2) is 30.4. The van der Waals surface area contributed by atoms with Crippen LogP contribution in [-0.2, 0) is 53.9 Å². The molecule has 3 saturated heterocycles. The molecule has 0 bridgehead atoms. The fraction of sp³-hybridized carbons (Fsp3) is 0.783. The number of rotatable bonds is 22. The highest BCUT2D eigenvalue weighted by Gasteiger charge is 2.54. The van der Waals surface area contributed by atoms with Gasteiger partial charge in [0.25, 0.3) is 0 Å². The van der Waals surface area contributed by atoms with Crippen LogP contribution < -0.4 is 15.8 Å². The Bertz CT molecular complexity index is 2560. The van der Waals surface area contributed by atoms with Crippen molar-refractivity contribution >= 4 is 34.6 Å². The number of hydrogen-bond acceptors (Lipinski definition) is 21. The Morgan fingerprint density at radius 1 is 0.905 bits per heavy atom. The molecule has 24 heteroatoms. The zero-order valence-corrected chi connectivity index (χ0v) is 52.7. The summed E-state index contributed by atoms with van der Waals surface area (Å²) >= 11 is 0. The van der Waals surface area contributed by atoms with Crippen molar-refractivity contribution < 1.29 is 82.6 Å². The third kappa shape index (κ3) is 17.1. The largest absolute Gasteiger partial charge is 0.477 e. The number of pyridine rings is 1. The number of aromatic nitrogens is 1. The number of likely N-dealkylation sites (N-methyl/N-ethyl adjacent to an activating group) is 2. The number of carboxylic acid groups (broad SMARTS) is 1. The number of benzene rings is 1. The van der Waals surface area contributed by atoms with E-state index < -0.39 is 119 Å². The summed E-state index contributed by atoms with van der Waals surface area (Å²) < 4.78 is 52.3. The highest BCUT2D eigenvalue weighted by atomic mass is 16.7. The van der Waals surface area contributed by atoms with Gasteiger partial charge in [-0.3, -0.25) is 14.3 Å². The number of aromatic carboxylic acids is 1. The number of esters is 1. The number of carboxylic acids is 1. The number of hydrogen-bond donors (Lipinski definition) is 6. The van der Waals surface area contributed by atoms with Gasteiger partial charge in [0.1, 0.15) is 35.6 Å². The summed E-state index contributed by atoms with van der Waals surface area (Å²) in [6, 6.07) is 5.01. The van der Waals surface area contributed by atoms with Crippen molar-refractivity contribution in [3.05, 3.63) is 45.7 Å². The average Bonchev–Trinajstić information content (AvgIpc) is 1.44. The SMILES string of the molecule is CC[C@H]1OC(=O)[C@H](C)[C@@H](O[C@H]2C[C@@](C)(OC)[C@@H](OC(=O)NCCOCCCc3ccc4c(c3)c(=O)c(C(=O)O)cn4N(C)C)[C@H](C)O2)[C@H](C)[C@@H](O[C@@H]2O[C@H](C)C[C@H](N(C)C)[C@H]2O)[C@](C)(O)C[C@@H](C)/C(=N\OCCN(C)CC)[C@H](C)[C@@H](O)[C@]1(C)O. The van der Waals surface area contributed by atoms with Crippen LogP contribution in [0, 0.1) is 23.7 Å². The number of fused-ring (bicyclic) bond motifs is 1. The summed E-state index contributed by atoms with van der Waals surface area (Å²) in [5, 5.41) is 68.2. The first-order valence-electron chi connectivity index (χ1n) is 29.7. The number of carbonyl (C=O) groups is 3. The third-order valence-corrected chi connectivity index (χ3v) is 17.3. The number of aryl methyl sites for hydroxylation is 1. The molecule has 3 aliphatic heterocycles. The quantitative estimate of drug-likeness (QED) is 0.0549. The molecule has 4 heterocycles. The molecule has 0 spiro atoms. The van der Waals surface area contributed by atoms with Crippen molar-refractivity contribution in [2.45, 2.75) is 199 Å². The van der Waals surface area contributed by atoms with Gasteiger partial charge in [0.15, 0.2) is 18.7 Å². The number of methoxy groups -OCH3 is 1. The van der Waals surface area contributed by atoms with E-state index in [2.05, 4.69) is 10.5 Å². The van der Waals surface area contributed by atoms with Gasteiger partial charge in [-0.25, -0.2) is 9.59 Å². The molecule has 0 unspecified atom stereocenters. The summed E-state index contributed by atoms with van der Waals surface area (Å²) in [6.45, 7) is 21.2. The average molecular weight is 1190 g/mol. The number of amides is 1. The summed E-state index contributed by atoms with van der Waals surface area (Å²) in [7, 11) is 10.6. The number of alkyl carbamates (subject to hydrolysis) is 1. The van der Waals surface area contributed by atoms with Gasteiger partial charge in [-0.05, 0) is 119 Å². The highest BCUT2D eigenvalue weighted by Crippen LogP contribution is 2.42. The van der Waals surface area contributed by atoms with Crippen LogP contribution in [0.1, 0.15) is 124 Å². The number of aliphatic hydroxyl groups is 4. The Morgan fingerprint density at radius 3 is 2.21 bits per heavy atom. The van der Waals surface area contributed by atoms with E-state index in [-0.39, 0.29) is 56.7 Å². The number of ether oxygens (including phenoxy) is 8. The maximum Gasteiger partial charge on any atom is 0.407 e. The molecule has 0 saturated carbocycles. The van der Waals surface area contributed by atoms with Gasteiger partial charge in [0, 0.05) is 82.7 Å². The maximum absolute atomic E-state index is 14.7. The second-order valence-electron chi connectivity index (χ2n) is 24.6. The van der Waals surface area contributed by atoms with Gasteiger partial charge < -0.3 is 88.4 Å². The molecule has 3 fully saturated rings. The van der Waals surface area contributed by atoms with Gasteiger partial charge in [-0.15, -0.1) is 0 Å². The zero-order valence-electron chi connectivity index (χ0n) is 52.7. The van der Waals surface area contributed by atoms with Crippen molar-refractivity contribution in [1.29, 1.82) is 0 Å². The zero-order chi connectivity index (χ0) is 62.8. The first-order valence-corrected chi connectivity index (χ1v) is 29.7. The van der Waals surface area contributed by atoms with Crippen LogP contribution in [0.4, 0.5) is 4.79 Å². The minimum Gasteiger partial charge on any atom is -0.477 e. The molecule has 3 aliphatic rings. The van der Waals surface area contributed by atoms with Gasteiger partial charge in [-0.1, -0.05) is 45.8 Å². The Balaban J connectivity index is 1.36. The van der Waals surface area contributed by atoms with E-state index >= 15 is 0 Å². The molecule has 84 heavy (non-hydrogen) atoms. The number of aliphatic hydroxyl groups excluding tert-OH is 2. The number of oxime groups is 1. The van der Waals surface area contributed by atoms with E-state index in [9.17, 15) is 44.7 Å². The monoisotopic (exact) mass is 1190 g/mol. The Labute approximate surface area is 495 Å². The van der Waals surface area contributed by atoms with Crippen LogP contribution in [0.25, 0.3) is 10.9 Å². The molecule has 5 rings (SSSR count). The first kappa shape index (κ1) is 70.2. The van der Waals surface area contributed by atoms with Gasteiger partial charge in [0.05, 0.1) is 59.9 Å². The van der Waals surface area contributed by atoms with E-state index in [4.69, 9.17) is 42.7 Å². The molecule has 478 valence electrons. The first-order chi connectivity index (χ1) is 39.3. The van der Waals surface area contributed by atoms with E-state index in [1.54, 1.807) is 84.4 Å². The van der Waals surface area contributed by atoms with Crippen LogP contribution >= 0.6 is 0 Å². The lowest BCUT2D eigenvalue weighted by Gasteiger charge is -2.49. The molecule has 24 nitrogen and oxygen atoms in total. The molecule has 1 aromatic carbocycles. The highest BCUT2D eigenvalue weighted by molar-refractivity contribution is 5.93. The number of carbonyl (C=O) groups excluding carboxylic acids is 2. The molecule has 0 radical (unpaired) electrons. The third-order valence-electron chi connectivity index (χ3n) is 17.3. The lowest BCUT2D eigenvalue weighted by Crippen LogP contribution is -2.61. The molecule has 18 atom stereocenters. The number of nitrogens with zero attached hydrogens (tertiary/aromatic N) is 5. The predicted octanol–water partition coefficient (Wildman–Crippen LogP) is 4.13. The lowest BCUT2D eigenvalue weighted by atomic mass is 9.73. The fourth-order valence-corrected chi connectivity index (χ4v) is 12.1. The number of nitrogens with one attached hydrogen (secondary N) is 1. The maximum atomic E-state index is 14.7. The number of cyclic esters (lactones) is 1. The standard InChI is InChI=1S/C60H100N6O18/c1-18-45-60(11,75)51(69)36(5)47(62-78-28-25-65(16)19-2)34(3)31-58(9,74)52(83-56-49(68)44(63(12)13)29-35(4)79-56)37(6)50(38(7)55(72)81-45)82-46-32-59(10,76-17)53(39(8)80-46)84-57(73)61-24-27-77-26-20-21-40-22-23-43-41(30-40)48(67)42(54(70)71)33-66(43)64(14)15/h22-23,30,33-39,44-46,49-53,56,68-69,74-75H,18-21,24-29,31-32H2,1-17H3,(H,61,73)(H,70,71)/b62-47+/t34-,35-,36+,37+,38-,39+,44+,45-,46+,49-,50+,51-,52-,53+,56+,58-,59-,60-/m1/s1. The summed E-state index contributed by atoms with van der Waals surface area (Å²) in [6.07, 6.45) is -8.61. The predicted molar refractivity (Wildman–Crippen MR) is 314 cm³/mol. The molecule has 0 aliphatic carbocycles. The van der Waals surface area contributed by atoms with Gasteiger partial charge in [-0.2, -0.15) is 0 Å². The second-order valence-corrected chi connectivity index (χ2v) is 24.6. The molecule has 2 aromatic rings. The minimum atomic E-state index is -2.00. The lowest BCUT2D eigenvalue weighted by molar-refractivity contribution is -0.317. The topological polar surface area (TPSA) is 292 Å². The van der Waals surface area contributed by atoms with E-state index in [0.29, 0.717) is 49.0 Å². The Morgan fingerprint density at radius 2 is 1.60 bits per heavy atom. The molecular weight excluding hydrogens is 1090 g/mol.